The summed E-state index contributed by atoms with van der Waals surface area (Å²) in [5, 5.41) is 4.49. The molecule has 1 aromatic carbocycles. The predicted molar refractivity (Wildman–Crippen MR) is 166 cm³/mol. The minimum atomic E-state index is -0.899. The van der Waals surface area contributed by atoms with Gasteiger partial charge in [0, 0.05) is 32.7 Å². The first-order chi connectivity index (χ1) is 19.9. The van der Waals surface area contributed by atoms with E-state index in [9.17, 15) is 14.4 Å². The number of nitrogens with one attached hydrogen (secondary N) is 2. The highest BCUT2D eigenvalue weighted by atomic mass is 16.5. The lowest BCUT2D eigenvalue weighted by Gasteiger charge is -2.43. The second kappa shape index (κ2) is 15.3. The summed E-state index contributed by atoms with van der Waals surface area (Å²) in [6, 6.07) is 8.97. The van der Waals surface area contributed by atoms with E-state index in [-0.39, 0.29) is 30.9 Å². The van der Waals surface area contributed by atoms with Gasteiger partial charge in [-0.25, -0.2) is 5.01 Å². The third kappa shape index (κ3) is 10.5. The second-order valence-corrected chi connectivity index (χ2v) is 12.7. The van der Waals surface area contributed by atoms with E-state index in [1.165, 1.54) is 6.08 Å². The molecule has 1 saturated heterocycles. The van der Waals surface area contributed by atoms with Crippen molar-refractivity contribution >= 4 is 17.7 Å². The highest BCUT2D eigenvalue weighted by molar-refractivity contribution is 5.93. The average Bonchev–Trinajstić information content (AvgIpc) is 2.93. The van der Waals surface area contributed by atoms with Gasteiger partial charge in [0.1, 0.15) is 6.04 Å². The van der Waals surface area contributed by atoms with Crippen molar-refractivity contribution in [2.75, 3.05) is 40.4 Å². The quantitative estimate of drug-likeness (QED) is 0.244. The number of allylic oxidation sites excluding steroid dienone is 2. The molecule has 1 aliphatic carbocycles. The van der Waals surface area contributed by atoms with Gasteiger partial charge in [-0.3, -0.25) is 19.8 Å². The van der Waals surface area contributed by atoms with Gasteiger partial charge in [0.05, 0.1) is 18.6 Å². The fourth-order valence-corrected chi connectivity index (χ4v) is 5.30. The highest BCUT2D eigenvalue weighted by Gasteiger charge is 2.44. The first-order valence-corrected chi connectivity index (χ1v) is 14.9. The predicted octanol–water partition coefficient (Wildman–Crippen LogP) is 3.14. The number of piperidine rings is 1. The maximum Gasteiger partial charge on any atom is 0.247 e. The van der Waals surface area contributed by atoms with Crippen molar-refractivity contribution in [2.24, 2.45) is 17.1 Å². The standard InChI is InChI=1S/C33H49N5O4/c1-25-14-16-27(17-15-25)22-42-23-28(35-29(39)13-9-18-32(2,3)34)30(40)38-20-10-19-33(24-38,31(41)36-37(4)5)21-26-11-7-6-8-12-26/h6-9,11-14,16-17,25,28H,10,15,18-24,34H2,1-5H3,(H,35,39)(H,36,41)/b13-9+/t25?,28-,33?/m1/s1. The lowest BCUT2D eigenvalue weighted by Crippen LogP contribution is -2.59. The topological polar surface area (TPSA) is 117 Å². The number of likely N-dealkylation sites (tertiary alicyclic amines) is 1. The van der Waals surface area contributed by atoms with Crippen LogP contribution in [0.4, 0.5) is 0 Å². The Hall–Kier alpha value is -3.27. The summed E-state index contributed by atoms with van der Waals surface area (Å²) in [5.41, 5.74) is 9.80. The van der Waals surface area contributed by atoms with Crippen LogP contribution in [0.15, 0.2) is 66.3 Å². The lowest BCUT2D eigenvalue weighted by molar-refractivity contribution is -0.146. The maximum absolute atomic E-state index is 14.0. The molecule has 3 amide bonds. The number of rotatable bonds is 13. The zero-order valence-corrected chi connectivity index (χ0v) is 25.9. The van der Waals surface area contributed by atoms with E-state index in [1.807, 2.05) is 50.3 Å². The minimum absolute atomic E-state index is 0.0214. The van der Waals surface area contributed by atoms with Crippen molar-refractivity contribution in [3.8, 4) is 0 Å². The van der Waals surface area contributed by atoms with E-state index < -0.39 is 17.0 Å². The van der Waals surface area contributed by atoms with Crippen molar-refractivity contribution in [1.82, 2.24) is 20.7 Å². The Bertz CT molecular complexity index is 1150. The molecule has 0 saturated carbocycles. The zero-order chi connectivity index (χ0) is 30.8. The maximum atomic E-state index is 14.0. The van der Waals surface area contributed by atoms with Crippen LogP contribution in [0, 0.1) is 11.3 Å². The number of amides is 3. The lowest BCUT2D eigenvalue weighted by atomic mass is 9.74. The van der Waals surface area contributed by atoms with E-state index >= 15 is 0 Å². The third-order valence-corrected chi connectivity index (χ3v) is 7.55. The molecule has 42 heavy (non-hydrogen) atoms. The van der Waals surface area contributed by atoms with Gasteiger partial charge >= 0.3 is 0 Å². The monoisotopic (exact) mass is 579 g/mol. The summed E-state index contributed by atoms with van der Waals surface area (Å²) < 4.78 is 5.98. The molecule has 2 aliphatic rings. The SMILES string of the molecule is CC1C=CC(COC[C@@H](NC(=O)/C=C/CC(C)(C)N)C(=O)N2CCCC(Cc3ccccc3)(C(=O)NN(C)C)C2)=CC1. The van der Waals surface area contributed by atoms with Gasteiger partial charge in [-0.2, -0.15) is 0 Å². The molecule has 2 unspecified atom stereocenters. The van der Waals surface area contributed by atoms with Crippen molar-refractivity contribution in [2.45, 2.75) is 64.5 Å². The summed E-state index contributed by atoms with van der Waals surface area (Å²) in [5.74, 6) is -0.270. The summed E-state index contributed by atoms with van der Waals surface area (Å²) >= 11 is 0. The number of hydrogen-bond donors (Lipinski definition) is 3. The molecule has 230 valence electrons. The second-order valence-electron chi connectivity index (χ2n) is 12.7. The van der Waals surface area contributed by atoms with E-state index in [2.05, 4.69) is 29.8 Å². The molecule has 1 fully saturated rings. The van der Waals surface area contributed by atoms with Crippen molar-refractivity contribution in [3.05, 3.63) is 71.8 Å². The highest BCUT2D eigenvalue weighted by Crippen LogP contribution is 2.35. The number of ether oxygens (including phenoxy) is 1. The van der Waals surface area contributed by atoms with Crippen LogP contribution < -0.4 is 16.5 Å². The Morgan fingerprint density at radius 1 is 1.24 bits per heavy atom. The average molecular weight is 580 g/mol. The van der Waals surface area contributed by atoms with Crippen LogP contribution in [0.5, 0.6) is 0 Å². The van der Waals surface area contributed by atoms with Crippen LogP contribution in [0.1, 0.15) is 52.0 Å². The largest absolute Gasteiger partial charge is 0.374 e. The fourth-order valence-electron chi connectivity index (χ4n) is 5.30. The Balaban J connectivity index is 1.78. The Kier molecular flexibility index (Phi) is 12.1. The molecule has 4 N–H and O–H groups in total. The van der Waals surface area contributed by atoms with Gasteiger partial charge < -0.3 is 20.7 Å². The number of benzene rings is 1. The van der Waals surface area contributed by atoms with Crippen LogP contribution in [-0.2, 0) is 25.5 Å². The molecule has 3 rings (SSSR count). The van der Waals surface area contributed by atoms with Gasteiger partial charge in [0.2, 0.25) is 17.7 Å². The summed E-state index contributed by atoms with van der Waals surface area (Å²) in [6.07, 6.45) is 12.8. The van der Waals surface area contributed by atoms with Gasteiger partial charge in [-0.15, -0.1) is 0 Å². The summed E-state index contributed by atoms with van der Waals surface area (Å²) in [4.78, 5) is 42.2. The van der Waals surface area contributed by atoms with Crippen LogP contribution >= 0.6 is 0 Å². The van der Waals surface area contributed by atoms with Crippen LogP contribution in [-0.4, -0.2) is 79.6 Å². The summed E-state index contributed by atoms with van der Waals surface area (Å²) in [6.45, 7) is 7.04. The number of nitrogens with zero attached hydrogens (tertiary/aromatic N) is 2. The summed E-state index contributed by atoms with van der Waals surface area (Å²) in [7, 11) is 3.55. The molecule has 0 spiro atoms. The van der Waals surface area contributed by atoms with Crippen LogP contribution in [0.2, 0.25) is 0 Å². The molecule has 9 heteroatoms. The van der Waals surface area contributed by atoms with E-state index in [0.29, 0.717) is 44.8 Å². The van der Waals surface area contributed by atoms with Crippen LogP contribution in [0.3, 0.4) is 0 Å². The number of carbonyl (C=O) groups is 3. The van der Waals surface area contributed by atoms with Crippen LogP contribution in [0.25, 0.3) is 0 Å². The molecule has 3 atom stereocenters. The van der Waals surface area contributed by atoms with Gasteiger partial charge in [0.25, 0.3) is 0 Å². The molecule has 0 radical (unpaired) electrons. The number of hydrogen-bond acceptors (Lipinski definition) is 6. The normalized spacial score (nSPS) is 21.7. The Morgan fingerprint density at radius 3 is 2.62 bits per heavy atom. The molecule has 1 aromatic rings. The first kappa shape index (κ1) is 33.2. The minimum Gasteiger partial charge on any atom is -0.374 e. The van der Waals surface area contributed by atoms with E-state index in [1.54, 1.807) is 30.1 Å². The zero-order valence-electron chi connectivity index (χ0n) is 25.9. The molecule has 0 bridgehead atoms. The molecule has 1 aliphatic heterocycles. The molecular weight excluding hydrogens is 530 g/mol. The van der Waals surface area contributed by atoms with E-state index in [0.717, 1.165) is 17.6 Å². The first-order valence-electron chi connectivity index (χ1n) is 14.9. The Labute approximate surface area is 251 Å². The van der Waals surface area contributed by atoms with Gasteiger partial charge in [0.15, 0.2) is 0 Å². The van der Waals surface area contributed by atoms with Crippen molar-refractivity contribution in [3.63, 3.8) is 0 Å². The number of nitrogens with two attached hydrogens (primary N) is 1. The fraction of sp³-hybridized carbons (Fsp3) is 0.545. The van der Waals surface area contributed by atoms with Gasteiger partial charge in [-0.1, -0.05) is 61.6 Å². The Morgan fingerprint density at radius 2 is 1.98 bits per heavy atom. The molecule has 1 heterocycles. The number of hydrazine groups is 1. The van der Waals surface area contributed by atoms with Crippen molar-refractivity contribution < 1.29 is 19.1 Å². The van der Waals surface area contributed by atoms with E-state index in [4.69, 9.17) is 10.5 Å². The molecule has 9 nitrogen and oxygen atoms in total. The third-order valence-electron chi connectivity index (χ3n) is 7.55. The van der Waals surface area contributed by atoms with Gasteiger partial charge in [-0.05, 0) is 69.1 Å². The molecule has 0 aromatic heterocycles. The number of carbonyl (C=O) groups excluding carboxylic acids is 3. The van der Waals surface area contributed by atoms with Crippen molar-refractivity contribution in [1.29, 1.82) is 0 Å². The molecular formula is C33H49N5O4. The smallest absolute Gasteiger partial charge is 0.247 e.